The van der Waals surface area contributed by atoms with E-state index in [2.05, 4.69) is 5.43 Å². The van der Waals surface area contributed by atoms with E-state index in [1.165, 1.54) is 0 Å². The Labute approximate surface area is 84.5 Å². The lowest BCUT2D eigenvalue weighted by Crippen LogP contribution is -2.54. The number of hydrazine groups is 1. The molecule has 0 spiro atoms. The normalized spacial score (nSPS) is 20.9. The lowest BCUT2D eigenvalue weighted by molar-refractivity contribution is -0.130. The minimum absolute atomic E-state index is 0.109. The zero-order valence-corrected chi connectivity index (χ0v) is 8.82. The topological polar surface area (TPSA) is 67.6 Å². The molecule has 1 unspecified atom stereocenters. The lowest BCUT2D eigenvalue weighted by Gasteiger charge is -2.28. The predicted molar refractivity (Wildman–Crippen MR) is 53.3 cm³/mol. The van der Waals surface area contributed by atoms with Gasteiger partial charge in [-0.1, -0.05) is 13.8 Å². The number of nitrogens with zero attached hydrogens (tertiary/aromatic N) is 1. The summed E-state index contributed by atoms with van der Waals surface area (Å²) >= 11 is 0. The molecule has 3 N–H and O–H groups in total. The smallest absolute Gasteiger partial charge is 0.251 e. The average Bonchev–Trinajstić information content (AvgIpc) is 2.18. The van der Waals surface area contributed by atoms with Gasteiger partial charge in [-0.05, 0) is 5.92 Å². The number of amides is 1. The summed E-state index contributed by atoms with van der Waals surface area (Å²) in [5, 5.41) is 1.86. The number of hydrogen-bond donors (Lipinski definition) is 2. The third kappa shape index (κ3) is 3.25. The Kier molecular flexibility index (Phi) is 4.31. The summed E-state index contributed by atoms with van der Waals surface area (Å²) in [6, 6.07) is -0.433. The molecule has 1 amide bonds. The van der Waals surface area contributed by atoms with Gasteiger partial charge in [0.05, 0.1) is 19.3 Å². The number of carbonyl (C=O) groups excluding carboxylic acids is 1. The lowest BCUT2D eigenvalue weighted by atomic mass is 10.1. The molecule has 0 aliphatic carbocycles. The van der Waals surface area contributed by atoms with E-state index in [1.54, 1.807) is 0 Å². The van der Waals surface area contributed by atoms with Gasteiger partial charge in [0.15, 0.2) is 0 Å². The molecule has 1 saturated heterocycles. The zero-order chi connectivity index (χ0) is 10.6. The first-order valence-electron chi connectivity index (χ1n) is 5.00. The third-order valence-electron chi connectivity index (χ3n) is 2.30. The Hall–Kier alpha value is -0.650. The van der Waals surface area contributed by atoms with E-state index in [0.717, 1.165) is 13.1 Å². The van der Waals surface area contributed by atoms with Gasteiger partial charge in [-0.15, -0.1) is 0 Å². The number of rotatable bonds is 3. The van der Waals surface area contributed by atoms with Crippen LogP contribution >= 0.6 is 0 Å². The highest BCUT2D eigenvalue weighted by molar-refractivity contribution is 5.81. The molecule has 14 heavy (non-hydrogen) atoms. The van der Waals surface area contributed by atoms with Gasteiger partial charge < -0.3 is 10.5 Å². The Balaban J connectivity index is 2.31. The first-order chi connectivity index (χ1) is 6.61. The van der Waals surface area contributed by atoms with Gasteiger partial charge in [0, 0.05) is 13.1 Å². The molecule has 1 aliphatic rings. The number of nitrogens with one attached hydrogen (secondary N) is 1. The summed E-state index contributed by atoms with van der Waals surface area (Å²) in [5.74, 6) is 0.0536. The van der Waals surface area contributed by atoms with Crippen LogP contribution in [0.3, 0.4) is 0 Å². The molecule has 0 aromatic heterocycles. The number of carbonyl (C=O) groups is 1. The van der Waals surface area contributed by atoms with E-state index >= 15 is 0 Å². The Morgan fingerprint density at radius 2 is 2.00 bits per heavy atom. The Morgan fingerprint density at radius 3 is 2.50 bits per heavy atom. The molecule has 1 rings (SSSR count). The van der Waals surface area contributed by atoms with Crippen LogP contribution in [0.4, 0.5) is 0 Å². The molecule has 0 bridgehead atoms. The second-order valence-electron chi connectivity index (χ2n) is 3.85. The van der Waals surface area contributed by atoms with Crippen molar-refractivity contribution < 1.29 is 9.53 Å². The molecule has 5 nitrogen and oxygen atoms in total. The zero-order valence-electron chi connectivity index (χ0n) is 8.82. The molecule has 1 heterocycles. The minimum atomic E-state index is -0.433. The number of morpholine rings is 1. The first-order valence-corrected chi connectivity index (χ1v) is 5.00. The minimum Gasteiger partial charge on any atom is -0.379 e. The van der Waals surface area contributed by atoms with E-state index in [1.807, 2.05) is 18.9 Å². The van der Waals surface area contributed by atoms with Crippen LogP contribution in [0.25, 0.3) is 0 Å². The van der Waals surface area contributed by atoms with Crippen LogP contribution in [0.5, 0.6) is 0 Å². The van der Waals surface area contributed by atoms with Crippen LogP contribution in [0.2, 0.25) is 0 Å². The van der Waals surface area contributed by atoms with Gasteiger partial charge in [0.25, 0.3) is 5.91 Å². The van der Waals surface area contributed by atoms with Crippen molar-refractivity contribution in [3.05, 3.63) is 0 Å². The van der Waals surface area contributed by atoms with Gasteiger partial charge in [-0.2, -0.15) is 0 Å². The fraction of sp³-hybridized carbons (Fsp3) is 0.889. The van der Waals surface area contributed by atoms with E-state index in [-0.39, 0.29) is 11.8 Å². The summed E-state index contributed by atoms with van der Waals surface area (Å²) in [4.78, 5) is 11.5. The molecule has 82 valence electrons. The second-order valence-corrected chi connectivity index (χ2v) is 3.85. The maximum atomic E-state index is 11.5. The summed E-state index contributed by atoms with van der Waals surface area (Å²) in [6.45, 7) is 6.66. The maximum absolute atomic E-state index is 11.5. The summed E-state index contributed by atoms with van der Waals surface area (Å²) in [7, 11) is 0. The Morgan fingerprint density at radius 1 is 1.43 bits per heavy atom. The van der Waals surface area contributed by atoms with E-state index < -0.39 is 6.04 Å². The van der Waals surface area contributed by atoms with E-state index in [0.29, 0.717) is 13.2 Å². The molecule has 0 radical (unpaired) electrons. The average molecular weight is 201 g/mol. The molecular weight excluding hydrogens is 182 g/mol. The van der Waals surface area contributed by atoms with Crippen molar-refractivity contribution in [1.82, 2.24) is 10.4 Å². The van der Waals surface area contributed by atoms with Gasteiger partial charge in [0.1, 0.15) is 0 Å². The van der Waals surface area contributed by atoms with Crippen LogP contribution in [0.1, 0.15) is 13.8 Å². The highest BCUT2D eigenvalue weighted by atomic mass is 16.5. The second kappa shape index (κ2) is 5.29. The van der Waals surface area contributed by atoms with Crippen LogP contribution in [0, 0.1) is 5.92 Å². The van der Waals surface area contributed by atoms with Crippen molar-refractivity contribution in [2.24, 2.45) is 11.7 Å². The van der Waals surface area contributed by atoms with Crippen molar-refractivity contribution in [2.75, 3.05) is 26.3 Å². The monoisotopic (exact) mass is 201 g/mol. The maximum Gasteiger partial charge on any atom is 0.251 e. The highest BCUT2D eigenvalue weighted by Gasteiger charge is 2.20. The van der Waals surface area contributed by atoms with Crippen molar-refractivity contribution in [2.45, 2.75) is 19.9 Å². The SMILES string of the molecule is CC(C)C(N)C(=O)NN1CCOCC1. The highest BCUT2D eigenvalue weighted by Crippen LogP contribution is 1.99. The van der Waals surface area contributed by atoms with Gasteiger partial charge in [0.2, 0.25) is 0 Å². The standard InChI is InChI=1S/C9H19N3O2/c1-7(2)8(10)9(13)11-12-3-5-14-6-4-12/h7-8H,3-6,10H2,1-2H3,(H,11,13). The summed E-state index contributed by atoms with van der Waals surface area (Å²) in [5.41, 5.74) is 8.50. The molecule has 0 aromatic rings. The first kappa shape index (κ1) is 11.4. The van der Waals surface area contributed by atoms with E-state index in [9.17, 15) is 4.79 Å². The quantitative estimate of drug-likeness (QED) is 0.635. The van der Waals surface area contributed by atoms with Crippen molar-refractivity contribution >= 4 is 5.91 Å². The van der Waals surface area contributed by atoms with Crippen molar-refractivity contribution in [3.8, 4) is 0 Å². The predicted octanol–water partition coefficient (Wildman–Crippen LogP) is -0.667. The van der Waals surface area contributed by atoms with Crippen LogP contribution in [-0.2, 0) is 9.53 Å². The molecule has 1 fully saturated rings. The number of hydrogen-bond acceptors (Lipinski definition) is 4. The van der Waals surface area contributed by atoms with Gasteiger partial charge in [-0.25, -0.2) is 5.01 Å². The molecule has 0 aromatic carbocycles. The van der Waals surface area contributed by atoms with Crippen LogP contribution < -0.4 is 11.2 Å². The van der Waals surface area contributed by atoms with E-state index in [4.69, 9.17) is 10.5 Å². The molecular formula is C9H19N3O2. The fourth-order valence-corrected chi connectivity index (χ4v) is 1.21. The van der Waals surface area contributed by atoms with Crippen LogP contribution in [-0.4, -0.2) is 43.3 Å². The fourth-order valence-electron chi connectivity index (χ4n) is 1.21. The largest absolute Gasteiger partial charge is 0.379 e. The number of nitrogens with two attached hydrogens (primary N) is 1. The molecule has 0 saturated carbocycles. The molecule has 1 atom stereocenters. The molecule has 1 aliphatic heterocycles. The van der Waals surface area contributed by atoms with Crippen LogP contribution in [0.15, 0.2) is 0 Å². The van der Waals surface area contributed by atoms with Crippen molar-refractivity contribution in [3.63, 3.8) is 0 Å². The third-order valence-corrected chi connectivity index (χ3v) is 2.30. The van der Waals surface area contributed by atoms with Gasteiger partial charge >= 0.3 is 0 Å². The summed E-state index contributed by atoms with van der Waals surface area (Å²) in [6.07, 6.45) is 0. The van der Waals surface area contributed by atoms with Gasteiger partial charge in [-0.3, -0.25) is 10.2 Å². The summed E-state index contributed by atoms with van der Waals surface area (Å²) < 4.78 is 5.16. The number of ether oxygens (including phenoxy) is 1. The molecule has 5 heteroatoms. The van der Waals surface area contributed by atoms with Crippen molar-refractivity contribution in [1.29, 1.82) is 0 Å². The Bertz CT molecular complexity index is 190.